The molecular weight excluding hydrogens is 276 g/mol. The minimum absolute atomic E-state index is 0.114. The second kappa shape index (κ2) is 5.43. The van der Waals surface area contributed by atoms with E-state index in [4.69, 9.17) is 17.3 Å². The molecule has 0 unspecified atom stereocenters. The van der Waals surface area contributed by atoms with Crippen LogP contribution in [0.4, 0.5) is 11.4 Å². The first-order valence-electron chi connectivity index (χ1n) is 6.05. The molecule has 104 valence electrons. The predicted octanol–water partition coefficient (Wildman–Crippen LogP) is 3.50. The number of nitrogen functional groups attached to an aromatic ring is 1. The molecule has 2 rings (SSSR count). The van der Waals surface area contributed by atoms with E-state index in [0.717, 1.165) is 11.1 Å². The number of amides is 1. The third-order valence-electron chi connectivity index (χ3n) is 3.06. The topological polar surface area (TPSA) is 75.3 Å². The van der Waals surface area contributed by atoms with Gasteiger partial charge in [-0.05, 0) is 55.3 Å². The van der Waals surface area contributed by atoms with E-state index in [1.807, 2.05) is 13.8 Å². The van der Waals surface area contributed by atoms with E-state index in [9.17, 15) is 9.90 Å². The summed E-state index contributed by atoms with van der Waals surface area (Å²) in [6.07, 6.45) is 0. The number of nitrogens with two attached hydrogens (primary N) is 1. The van der Waals surface area contributed by atoms with Crippen LogP contribution in [0.1, 0.15) is 21.5 Å². The number of phenolic OH excluding ortho intramolecular Hbond substituents is 1. The van der Waals surface area contributed by atoms with E-state index in [2.05, 4.69) is 5.32 Å². The van der Waals surface area contributed by atoms with Crippen molar-refractivity contribution in [3.8, 4) is 5.75 Å². The Morgan fingerprint density at radius 1 is 1.20 bits per heavy atom. The molecule has 0 spiro atoms. The summed E-state index contributed by atoms with van der Waals surface area (Å²) < 4.78 is 0. The van der Waals surface area contributed by atoms with Crippen LogP contribution in [0.3, 0.4) is 0 Å². The van der Waals surface area contributed by atoms with Crippen LogP contribution in [0.5, 0.6) is 5.75 Å². The monoisotopic (exact) mass is 290 g/mol. The molecule has 0 fully saturated rings. The van der Waals surface area contributed by atoms with Crippen LogP contribution >= 0.6 is 11.6 Å². The molecular formula is C15H15ClN2O2. The van der Waals surface area contributed by atoms with Gasteiger partial charge in [-0.1, -0.05) is 11.6 Å². The van der Waals surface area contributed by atoms with Crippen molar-refractivity contribution >= 4 is 28.9 Å². The van der Waals surface area contributed by atoms with Gasteiger partial charge >= 0.3 is 0 Å². The van der Waals surface area contributed by atoms with Crippen LogP contribution in [0.25, 0.3) is 0 Å². The van der Waals surface area contributed by atoms with Gasteiger partial charge < -0.3 is 16.2 Å². The van der Waals surface area contributed by atoms with Crippen molar-refractivity contribution < 1.29 is 9.90 Å². The molecule has 0 aliphatic rings. The van der Waals surface area contributed by atoms with Crippen LogP contribution in [0.15, 0.2) is 30.3 Å². The maximum atomic E-state index is 12.2. The molecule has 0 heterocycles. The number of halogens is 1. The highest BCUT2D eigenvalue weighted by Crippen LogP contribution is 2.25. The fourth-order valence-electron chi connectivity index (χ4n) is 1.85. The van der Waals surface area contributed by atoms with Crippen LogP contribution in [-0.4, -0.2) is 11.0 Å². The minimum Gasteiger partial charge on any atom is -0.507 e. The number of hydrogen-bond acceptors (Lipinski definition) is 3. The molecule has 0 bridgehead atoms. The van der Waals surface area contributed by atoms with Gasteiger partial charge in [0.2, 0.25) is 0 Å². The molecule has 0 radical (unpaired) electrons. The Morgan fingerprint density at radius 2 is 1.90 bits per heavy atom. The highest BCUT2D eigenvalue weighted by Gasteiger charge is 2.13. The van der Waals surface area contributed by atoms with Crippen molar-refractivity contribution in [3.63, 3.8) is 0 Å². The lowest BCUT2D eigenvalue weighted by Gasteiger charge is -2.12. The summed E-state index contributed by atoms with van der Waals surface area (Å²) in [5, 5.41) is 12.8. The number of carbonyl (C=O) groups excluding carboxylic acids is 1. The number of carbonyl (C=O) groups is 1. The summed E-state index contributed by atoms with van der Waals surface area (Å²) in [6, 6.07) is 7.92. The molecule has 2 aromatic rings. The summed E-state index contributed by atoms with van der Waals surface area (Å²) in [5.41, 5.74) is 8.99. The van der Waals surface area contributed by atoms with Gasteiger partial charge in [0, 0.05) is 16.4 Å². The summed E-state index contributed by atoms with van der Waals surface area (Å²) >= 11 is 5.83. The molecule has 1 amide bonds. The molecule has 5 heteroatoms. The quantitative estimate of drug-likeness (QED) is 0.741. The zero-order chi connectivity index (χ0) is 14.9. The van der Waals surface area contributed by atoms with Crippen molar-refractivity contribution in [2.75, 3.05) is 11.1 Å². The lowest BCUT2D eigenvalue weighted by atomic mass is 10.1. The smallest absolute Gasteiger partial charge is 0.259 e. The standard InChI is InChI=1S/C15H15ClN2O2/c1-8-6-13(9(2)5-12(8)17)18-15(20)11-7-10(16)3-4-14(11)19/h3-7,19H,17H2,1-2H3,(H,18,20). The molecule has 0 aliphatic heterocycles. The lowest BCUT2D eigenvalue weighted by Crippen LogP contribution is -2.13. The summed E-state index contributed by atoms with van der Waals surface area (Å²) in [5.74, 6) is -0.533. The Labute approximate surface area is 122 Å². The van der Waals surface area contributed by atoms with Gasteiger partial charge in [-0.25, -0.2) is 0 Å². The van der Waals surface area contributed by atoms with E-state index in [1.165, 1.54) is 18.2 Å². The van der Waals surface area contributed by atoms with Gasteiger partial charge in [0.1, 0.15) is 5.75 Å². The average Bonchev–Trinajstić information content (AvgIpc) is 2.38. The third-order valence-corrected chi connectivity index (χ3v) is 3.30. The van der Waals surface area contributed by atoms with Gasteiger partial charge in [0.05, 0.1) is 5.56 Å². The van der Waals surface area contributed by atoms with E-state index in [1.54, 1.807) is 12.1 Å². The number of aromatic hydroxyl groups is 1. The number of nitrogens with one attached hydrogen (secondary N) is 1. The van der Waals surface area contributed by atoms with Gasteiger partial charge in [-0.2, -0.15) is 0 Å². The summed E-state index contributed by atoms with van der Waals surface area (Å²) in [7, 11) is 0. The molecule has 0 saturated carbocycles. The number of phenols is 1. The zero-order valence-electron chi connectivity index (χ0n) is 11.2. The normalized spacial score (nSPS) is 10.3. The molecule has 2 aromatic carbocycles. The highest BCUT2D eigenvalue weighted by molar-refractivity contribution is 6.31. The molecule has 4 N–H and O–H groups in total. The van der Waals surface area contributed by atoms with E-state index in [-0.39, 0.29) is 11.3 Å². The van der Waals surface area contributed by atoms with Gasteiger partial charge in [-0.15, -0.1) is 0 Å². The molecule has 0 saturated heterocycles. The van der Waals surface area contributed by atoms with Gasteiger partial charge in [0.25, 0.3) is 5.91 Å². The molecule has 0 aliphatic carbocycles. The zero-order valence-corrected chi connectivity index (χ0v) is 12.0. The molecule has 4 nitrogen and oxygen atoms in total. The number of benzene rings is 2. The summed E-state index contributed by atoms with van der Waals surface area (Å²) in [4.78, 5) is 12.2. The maximum absolute atomic E-state index is 12.2. The average molecular weight is 291 g/mol. The van der Waals surface area contributed by atoms with Crippen molar-refractivity contribution in [1.82, 2.24) is 0 Å². The SMILES string of the molecule is Cc1cc(NC(=O)c2cc(Cl)ccc2O)c(C)cc1N. The fraction of sp³-hybridized carbons (Fsp3) is 0.133. The maximum Gasteiger partial charge on any atom is 0.259 e. The van der Waals surface area contributed by atoms with Crippen molar-refractivity contribution in [2.45, 2.75) is 13.8 Å². The van der Waals surface area contributed by atoms with Crippen LogP contribution in [0.2, 0.25) is 5.02 Å². The van der Waals surface area contributed by atoms with Crippen molar-refractivity contribution in [1.29, 1.82) is 0 Å². The Balaban J connectivity index is 2.32. The fourth-order valence-corrected chi connectivity index (χ4v) is 2.03. The first-order chi connectivity index (χ1) is 9.38. The lowest BCUT2D eigenvalue weighted by molar-refractivity contribution is 0.102. The van der Waals surface area contributed by atoms with Crippen molar-refractivity contribution in [3.05, 3.63) is 52.0 Å². The molecule has 20 heavy (non-hydrogen) atoms. The molecule has 0 aromatic heterocycles. The van der Waals surface area contributed by atoms with E-state index in [0.29, 0.717) is 16.4 Å². The first-order valence-corrected chi connectivity index (χ1v) is 6.43. The third kappa shape index (κ3) is 2.86. The predicted molar refractivity (Wildman–Crippen MR) is 81.4 cm³/mol. The Bertz CT molecular complexity index is 684. The van der Waals surface area contributed by atoms with Gasteiger partial charge in [-0.3, -0.25) is 4.79 Å². The van der Waals surface area contributed by atoms with E-state index < -0.39 is 5.91 Å². The number of hydrogen-bond donors (Lipinski definition) is 3. The Kier molecular flexibility index (Phi) is 3.86. The van der Waals surface area contributed by atoms with E-state index >= 15 is 0 Å². The Morgan fingerprint density at radius 3 is 2.60 bits per heavy atom. The molecule has 0 atom stereocenters. The summed E-state index contributed by atoms with van der Waals surface area (Å²) in [6.45, 7) is 3.71. The second-order valence-electron chi connectivity index (χ2n) is 4.64. The number of anilines is 2. The Hall–Kier alpha value is -2.20. The highest BCUT2D eigenvalue weighted by atomic mass is 35.5. The first kappa shape index (κ1) is 14.2. The van der Waals surface area contributed by atoms with Crippen LogP contribution in [0, 0.1) is 13.8 Å². The van der Waals surface area contributed by atoms with Crippen LogP contribution < -0.4 is 11.1 Å². The number of rotatable bonds is 2. The van der Waals surface area contributed by atoms with Crippen LogP contribution in [-0.2, 0) is 0 Å². The second-order valence-corrected chi connectivity index (χ2v) is 5.08. The van der Waals surface area contributed by atoms with Crippen molar-refractivity contribution in [2.24, 2.45) is 0 Å². The number of aryl methyl sites for hydroxylation is 2. The largest absolute Gasteiger partial charge is 0.507 e. The minimum atomic E-state index is -0.419. The van der Waals surface area contributed by atoms with Gasteiger partial charge in [0.15, 0.2) is 0 Å².